The molecule has 138 valence electrons. The van der Waals surface area contributed by atoms with Crippen molar-refractivity contribution in [2.45, 2.75) is 24.8 Å². The molecule has 2 saturated heterocycles. The van der Waals surface area contributed by atoms with Gasteiger partial charge in [-0.05, 0) is 42.5 Å². The molecule has 1 spiro atoms. The second kappa shape index (κ2) is 6.54. The molecule has 0 aromatic heterocycles. The highest BCUT2D eigenvalue weighted by Gasteiger charge is 2.50. The van der Waals surface area contributed by atoms with Crippen molar-refractivity contribution >= 4 is 17.7 Å². The van der Waals surface area contributed by atoms with Crippen LogP contribution in [0.15, 0.2) is 60.2 Å². The van der Waals surface area contributed by atoms with Crippen LogP contribution in [-0.2, 0) is 11.2 Å². The Kier molecular flexibility index (Phi) is 4.01. The Labute approximate surface area is 160 Å². The third-order valence-corrected chi connectivity index (χ3v) is 6.35. The van der Waals surface area contributed by atoms with E-state index in [1.165, 1.54) is 16.7 Å². The second-order valence-electron chi connectivity index (χ2n) is 7.91. The molecule has 3 aliphatic rings. The quantitative estimate of drug-likeness (QED) is 0.915. The third-order valence-electron chi connectivity index (χ3n) is 6.35. The molecular formula is C23H25N3O. The highest BCUT2D eigenvalue weighted by atomic mass is 16.2. The summed E-state index contributed by atoms with van der Waals surface area (Å²) in [6.45, 7) is 3.55. The number of piperidine rings is 1. The van der Waals surface area contributed by atoms with E-state index in [1.54, 1.807) is 0 Å². The van der Waals surface area contributed by atoms with Gasteiger partial charge in [-0.2, -0.15) is 0 Å². The van der Waals surface area contributed by atoms with Crippen LogP contribution in [0.3, 0.4) is 0 Å². The van der Waals surface area contributed by atoms with E-state index < -0.39 is 0 Å². The fraction of sp³-hybridized carbons (Fsp3) is 0.348. The highest BCUT2D eigenvalue weighted by Crippen LogP contribution is 2.36. The Morgan fingerprint density at radius 1 is 0.963 bits per heavy atom. The molecule has 2 aromatic rings. The summed E-state index contributed by atoms with van der Waals surface area (Å²) in [5.41, 5.74) is 5.05. The predicted molar refractivity (Wildman–Crippen MR) is 108 cm³/mol. The minimum absolute atomic E-state index is 0.193. The van der Waals surface area contributed by atoms with Gasteiger partial charge in [-0.3, -0.25) is 9.69 Å². The highest BCUT2D eigenvalue weighted by molar-refractivity contribution is 5.93. The van der Waals surface area contributed by atoms with Gasteiger partial charge in [-0.15, -0.1) is 0 Å². The van der Waals surface area contributed by atoms with Gasteiger partial charge >= 0.3 is 0 Å². The molecular weight excluding hydrogens is 334 g/mol. The third kappa shape index (κ3) is 2.85. The van der Waals surface area contributed by atoms with Crippen LogP contribution in [0.2, 0.25) is 0 Å². The van der Waals surface area contributed by atoms with Gasteiger partial charge in [0.15, 0.2) is 0 Å². The number of hydrogen-bond donors (Lipinski definition) is 1. The molecule has 0 bridgehead atoms. The van der Waals surface area contributed by atoms with E-state index in [4.69, 9.17) is 0 Å². The fourth-order valence-corrected chi connectivity index (χ4v) is 4.85. The van der Waals surface area contributed by atoms with Crippen molar-refractivity contribution in [1.82, 2.24) is 10.2 Å². The normalized spacial score (nSPS) is 21.3. The Balaban J connectivity index is 1.28. The van der Waals surface area contributed by atoms with Crippen molar-refractivity contribution in [3.63, 3.8) is 0 Å². The zero-order chi connectivity index (χ0) is 18.3. The standard InChI is InChI=1S/C23H25N3O/c27-22-23(26(17-24-22)21-8-2-1-3-9-21)10-12-25(13-11-23)16-18-14-19-6-4-5-7-20(19)15-18/h1-9,14H,10-13,15-17H2,(H,24,27). The number of nitrogens with zero attached hydrogens (tertiary/aromatic N) is 2. The van der Waals surface area contributed by atoms with Crippen LogP contribution in [0, 0.1) is 0 Å². The lowest BCUT2D eigenvalue weighted by Crippen LogP contribution is -2.56. The van der Waals surface area contributed by atoms with E-state index in [0.717, 1.165) is 44.6 Å². The summed E-state index contributed by atoms with van der Waals surface area (Å²) in [5.74, 6) is 0.193. The van der Waals surface area contributed by atoms with E-state index in [-0.39, 0.29) is 11.4 Å². The first-order valence-corrected chi connectivity index (χ1v) is 9.85. The first-order valence-electron chi connectivity index (χ1n) is 9.85. The number of nitrogens with one attached hydrogen (secondary N) is 1. The number of hydrogen-bond acceptors (Lipinski definition) is 3. The number of rotatable bonds is 3. The van der Waals surface area contributed by atoms with Gasteiger partial charge in [0.2, 0.25) is 5.91 Å². The van der Waals surface area contributed by atoms with E-state index in [0.29, 0.717) is 6.67 Å². The number of benzene rings is 2. The minimum Gasteiger partial charge on any atom is -0.339 e. The summed E-state index contributed by atoms with van der Waals surface area (Å²) >= 11 is 0. The maximum atomic E-state index is 12.8. The van der Waals surface area contributed by atoms with Gasteiger partial charge < -0.3 is 10.2 Å². The van der Waals surface area contributed by atoms with Gasteiger partial charge in [0.1, 0.15) is 5.54 Å². The molecule has 27 heavy (non-hydrogen) atoms. The van der Waals surface area contributed by atoms with E-state index in [2.05, 4.69) is 57.6 Å². The van der Waals surface area contributed by atoms with Crippen LogP contribution in [0.1, 0.15) is 24.0 Å². The van der Waals surface area contributed by atoms with Crippen molar-refractivity contribution < 1.29 is 4.79 Å². The molecule has 5 rings (SSSR count). The largest absolute Gasteiger partial charge is 0.339 e. The van der Waals surface area contributed by atoms with Crippen LogP contribution < -0.4 is 10.2 Å². The summed E-state index contributed by atoms with van der Waals surface area (Å²) in [6.07, 6.45) is 5.18. The molecule has 1 N–H and O–H groups in total. The Bertz CT molecular complexity index is 882. The summed E-state index contributed by atoms with van der Waals surface area (Å²) < 4.78 is 0. The maximum Gasteiger partial charge on any atom is 0.247 e. The monoisotopic (exact) mass is 359 g/mol. The second-order valence-corrected chi connectivity index (χ2v) is 7.91. The van der Waals surface area contributed by atoms with Crippen molar-refractivity contribution in [3.05, 3.63) is 71.3 Å². The number of likely N-dealkylation sites (tertiary alicyclic amines) is 1. The van der Waals surface area contributed by atoms with Crippen molar-refractivity contribution in [2.75, 3.05) is 31.2 Å². The van der Waals surface area contributed by atoms with E-state index >= 15 is 0 Å². The Morgan fingerprint density at radius 3 is 2.48 bits per heavy atom. The lowest BCUT2D eigenvalue weighted by atomic mass is 9.85. The first-order chi connectivity index (χ1) is 13.2. The SMILES string of the molecule is O=C1NCN(c2ccccc2)C12CCN(CC1=Cc3ccccc3C1)CC2. The van der Waals surface area contributed by atoms with Crippen LogP contribution in [0.4, 0.5) is 5.69 Å². The maximum absolute atomic E-state index is 12.8. The molecule has 2 aliphatic heterocycles. The number of para-hydroxylation sites is 1. The molecule has 2 heterocycles. The zero-order valence-corrected chi connectivity index (χ0v) is 15.5. The van der Waals surface area contributed by atoms with Crippen molar-refractivity contribution in [3.8, 4) is 0 Å². The van der Waals surface area contributed by atoms with Gasteiger partial charge in [0.25, 0.3) is 0 Å². The number of anilines is 1. The molecule has 2 fully saturated rings. The fourth-order valence-electron chi connectivity index (χ4n) is 4.85. The lowest BCUT2D eigenvalue weighted by Gasteiger charge is -2.43. The minimum atomic E-state index is -0.384. The smallest absolute Gasteiger partial charge is 0.247 e. The average molecular weight is 359 g/mol. The summed E-state index contributed by atoms with van der Waals surface area (Å²) in [7, 11) is 0. The van der Waals surface area contributed by atoms with Gasteiger partial charge in [0.05, 0.1) is 6.67 Å². The first kappa shape index (κ1) is 16.6. The lowest BCUT2D eigenvalue weighted by molar-refractivity contribution is -0.125. The molecule has 1 aliphatic carbocycles. The molecule has 4 nitrogen and oxygen atoms in total. The molecule has 0 radical (unpaired) electrons. The summed E-state index contributed by atoms with van der Waals surface area (Å²) in [6, 6.07) is 19.0. The summed E-state index contributed by atoms with van der Waals surface area (Å²) in [4.78, 5) is 17.5. The molecule has 2 aromatic carbocycles. The van der Waals surface area contributed by atoms with Crippen molar-refractivity contribution in [2.24, 2.45) is 0 Å². The van der Waals surface area contributed by atoms with Crippen LogP contribution >= 0.6 is 0 Å². The van der Waals surface area contributed by atoms with Gasteiger partial charge in [-0.25, -0.2) is 0 Å². The molecule has 1 amide bonds. The number of carbonyl (C=O) groups excluding carboxylic acids is 1. The molecule has 0 unspecified atom stereocenters. The topological polar surface area (TPSA) is 35.6 Å². The number of carbonyl (C=O) groups is 1. The average Bonchev–Trinajstić information content (AvgIpc) is 3.25. The van der Waals surface area contributed by atoms with Crippen LogP contribution in [-0.4, -0.2) is 42.6 Å². The Hall–Kier alpha value is -2.59. The van der Waals surface area contributed by atoms with Crippen LogP contribution in [0.5, 0.6) is 0 Å². The van der Waals surface area contributed by atoms with Gasteiger partial charge in [0, 0.05) is 25.3 Å². The van der Waals surface area contributed by atoms with Gasteiger partial charge in [-0.1, -0.05) is 54.1 Å². The van der Waals surface area contributed by atoms with E-state index in [1.807, 2.05) is 18.2 Å². The number of fused-ring (bicyclic) bond motifs is 1. The zero-order valence-electron chi connectivity index (χ0n) is 15.5. The summed E-state index contributed by atoms with van der Waals surface area (Å²) in [5, 5.41) is 3.09. The molecule has 0 atom stereocenters. The molecule has 4 heteroatoms. The van der Waals surface area contributed by atoms with Crippen molar-refractivity contribution in [1.29, 1.82) is 0 Å². The molecule has 0 saturated carbocycles. The van der Waals surface area contributed by atoms with Crippen LogP contribution in [0.25, 0.3) is 6.08 Å². The van der Waals surface area contributed by atoms with E-state index in [9.17, 15) is 4.79 Å². The Morgan fingerprint density at radius 2 is 1.70 bits per heavy atom. The predicted octanol–water partition coefficient (Wildman–Crippen LogP) is 3.05. The number of amides is 1.